The summed E-state index contributed by atoms with van der Waals surface area (Å²) in [6.07, 6.45) is 0. The summed E-state index contributed by atoms with van der Waals surface area (Å²) in [7, 11) is 0. The number of aliphatic hydroxyl groups is 1. The first kappa shape index (κ1) is 13.0. The molecular weight excluding hydrogens is 282 g/mol. The van der Waals surface area contributed by atoms with Crippen molar-refractivity contribution in [2.75, 3.05) is 0 Å². The van der Waals surface area contributed by atoms with Crippen molar-refractivity contribution in [3.8, 4) is 11.5 Å². The molecule has 0 spiro atoms. The molecule has 3 heterocycles. The van der Waals surface area contributed by atoms with Crippen LogP contribution in [-0.4, -0.2) is 30.1 Å². The molecule has 1 N–H and O–H groups in total. The molecule has 0 bridgehead atoms. The van der Waals surface area contributed by atoms with Gasteiger partial charge in [0, 0.05) is 11.6 Å². The number of aromatic nitrogens is 5. The van der Waals surface area contributed by atoms with Crippen LogP contribution in [0.2, 0.25) is 5.15 Å². The van der Waals surface area contributed by atoms with E-state index in [2.05, 4.69) is 20.5 Å². The van der Waals surface area contributed by atoms with Crippen LogP contribution in [0.5, 0.6) is 0 Å². The van der Waals surface area contributed by atoms with Gasteiger partial charge in [-0.15, -0.1) is 10.2 Å². The van der Waals surface area contributed by atoms with E-state index in [1.54, 1.807) is 32.9 Å². The molecule has 0 saturated heterocycles. The Kier molecular flexibility index (Phi) is 2.77. The summed E-state index contributed by atoms with van der Waals surface area (Å²) < 4.78 is 6.48. The van der Waals surface area contributed by atoms with Crippen LogP contribution in [0.15, 0.2) is 16.7 Å². The minimum atomic E-state index is -1.11. The molecule has 0 atom stereocenters. The van der Waals surface area contributed by atoms with E-state index in [9.17, 15) is 5.11 Å². The van der Waals surface area contributed by atoms with Gasteiger partial charge in [0.1, 0.15) is 5.76 Å². The minimum absolute atomic E-state index is 0.232. The first-order valence-corrected chi connectivity index (χ1v) is 6.32. The molecule has 0 radical (unpaired) electrons. The molecule has 3 aromatic heterocycles. The molecule has 0 fully saturated rings. The summed E-state index contributed by atoms with van der Waals surface area (Å²) in [5, 5.41) is 26.6. The molecule has 20 heavy (non-hydrogen) atoms. The van der Waals surface area contributed by atoms with Gasteiger partial charge < -0.3 is 9.63 Å². The van der Waals surface area contributed by atoms with Gasteiger partial charge in [-0.05, 0) is 26.8 Å². The maximum absolute atomic E-state index is 10.2. The number of hydrogen-bond donors (Lipinski definition) is 1. The first-order chi connectivity index (χ1) is 9.36. The summed E-state index contributed by atoms with van der Waals surface area (Å²) in [6, 6.07) is 3.30. The number of hydrogen-bond acceptors (Lipinski definition) is 6. The summed E-state index contributed by atoms with van der Waals surface area (Å²) in [5.74, 6) is 1.06. The van der Waals surface area contributed by atoms with Crippen LogP contribution in [0.1, 0.15) is 25.2 Å². The molecule has 3 rings (SSSR count). The van der Waals surface area contributed by atoms with Crippen molar-refractivity contribution in [3.63, 3.8) is 0 Å². The zero-order valence-electron chi connectivity index (χ0n) is 11.1. The summed E-state index contributed by atoms with van der Waals surface area (Å²) in [6.45, 7) is 5.07. The molecule has 104 valence electrons. The third kappa shape index (κ3) is 2.04. The van der Waals surface area contributed by atoms with Crippen LogP contribution in [0.3, 0.4) is 0 Å². The highest BCUT2D eigenvalue weighted by Crippen LogP contribution is 2.27. The van der Waals surface area contributed by atoms with Crippen molar-refractivity contribution in [1.29, 1.82) is 0 Å². The second-order valence-corrected chi connectivity index (χ2v) is 5.41. The molecule has 0 amide bonds. The van der Waals surface area contributed by atoms with Crippen molar-refractivity contribution < 1.29 is 9.63 Å². The lowest BCUT2D eigenvalue weighted by Gasteiger charge is -2.17. The summed E-state index contributed by atoms with van der Waals surface area (Å²) >= 11 is 6.01. The van der Waals surface area contributed by atoms with Crippen molar-refractivity contribution in [2.45, 2.75) is 26.4 Å². The van der Waals surface area contributed by atoms with E-state index in [-0.39, 0.29) is 5.15 Å². The lowest BCUT2D eigenvalue weighted by Crippen LogP contribution is -2.18. The Morgan fingerprint density at radius 2 is 2.05 bits per heavy atom. The van der Waals surface area contributed by atoms with Gasteiger partial charge in [-0.25, -0.2) is 0 Å². The van der Waals surface area contributed by atoms with Crippen molar-refractivity contribution in [2.24, 2.45) is 0 Å². The lowest BCUT2D eigenvalue weighted by atomic mass is 10.0. The van der Waals surface area contributed by atoms with E-state index >= 15 is 0 Å². The molecule has 8 heteroatoms. The van der Waals surface area contributed by atoms with Gasteiger partial charge in [-0.3, -0.25) is 0 Å². The minimum Gasteiger partial charge on any atom is -0.386 e. The summed E-state index contributed by atoms with van der Waals surface area (Å²) in [4.78, 5) is 0. The monoisotopic (exact) mass is 293 g/mol. The largest absolute Gasteiger partial charge is 0.386 e. The van der Waals surface area contributed by atoms with Crippen LogP contribution in [0.4, 0.5) is 0 Å². The molecule has 0 unspecified atom stereocenters. The number of nitrogens with zero attached hydrogens (tertiary/aromatic N) is 5. The Labute approximate surface area is 119 Å². The van der Waals surface area contributed by atoms with Crippen molar-refractivity contribution in [3.05, 3.63) is 28.6 Å². The average Bonchev–Trinajstić information content (AvgIpc) is 2.92. The molecule has 0 aliphatic carbocycles. The van der Waals surface area contributed by atoms with Crippen molar-refractivity contribution in [1.82, 2.24) is 25.0 Å². The smallest absolute Gasteiger partial charge is 0.207 e. The van der Waals surface area contributed by atoms with Gasteiger partial charge >= 0.3 is 0 Å². The Morgan fingerprint density at radius 3 is 2.65 bits per heavy atom. The van der Waals surface area contributed by atoms with E-state index in [1.807, 2.05) is 0 Å². The van der Waals surface area contributed by atoms with E-state index in [4.69, 9.17) is 16.1 Å². The fourth-order valence-corrected chi connectivity index (χ4v) is 2.12. The predicted octanol–water partition coefficient (Wildman–Crippen LogP) is 1.97. The highest BCUT2D eigenvalue weighted by molar-refractivity contribution is 6.29. The van der Waals surface area contributed by atoms with E-state index in [0.717, 1.165) is 0 Å². The van der Waals surface area contributed by atoms with Gasteiger partial charge in [0.25, 0.3) is 0 Å². The first-order valence-electron chi connectivity index (χ1n) is 5.95. The third-order valence-electron chi connectivity index (χ3n) is 2.86. The zero-order chi connectivity index (χ0) is 14.5. The number of halogens is 1. The highest BCUT2D eigenvalue weighted by Gasteiger charge is 2.25. The maximum Gasteiger partial charge on any atom is 0.207 e. The predicted molar refractivity (Wildman–Crippen MR) is 71.3 cm³/mol. The molecule has 0 aliphatic heterocycles. The Hall–Kier alpha value is -1.99. The fourth-order valence-electron chi connectivity index (χ4n) is 1.93. The molecule has 0 aromatic carbocycles. The maximum atomic E-state index is 10.2. The molecule has 0 aliphatic rings. The van der Waals surface area contributed by atoms with E-state index in [1.165, 1.54) is 4.52 Å². The second kappa shape index (κ2) is 4.26. The Balaban J connectivity index is 2.30. The zero-order valence-corrected chi connectivity index (χ0v) is 11.9. The van der Waals surface area contributed by atoms with Crippen LogP contribution in [-0.2, 0) is 5.60 Å². The summed E-state index contributed by atoms with van der Waals surface area (Å²) in [5.41, 5.74) is 0.359. The number of aryl methyl sites for hydroxylation is 1. The Bertz CT molecular complexity index is 787. The molecule has 3 aromatic rings. The molecule has 0 saturated carbocycles. The van der Waals surface area contributed by atoms with E-state index < -0.39 is 5.60 Å². The number of rotatable bonds is 2. The Morgan fingerprint density at radius 1 is 1.30 bits per heavy atom. The van der Waals surface area contributed by atoms with Gasteiger partial charge in [0.15, 0.2) is 16.5 Å². The molecule has 7 nitrogen and oxygen atoms in total. The lowest BCUT2D eigenvalue weighted by molar-refractivity contribution is 0.0794. The normalized spacial score (nSPS) is 12.2. The van der Waals surface area contributed by atoms with Crippen LogP contribution in [0, 0.1) is 6.92 Å². The van der Waals surface area contributed by atoms with E-state index in [0.29, 0.717) is 28.5 Å². The molecular formula is C12H12ClN5O2. The topological polar surface area (TPSA) is 89.3 Å². The van der Waals surface area contributed by atoms with Gasteiger partial charge in [0.05, 0.1) is 5.60 Å². The second-order valence-electron chi connectivity index (χ2n) is 5.02. The quantitative estimate of drug-likeness (QED) is 0.777. The fraction of sp³-hybridized carbons (Fsp3) is 0.333. The van der Waals surface area contributed by atoms with Gasteiger partial charge in [-0.1, -0.05) is 16.8 Å². The highest BCUT2D eigenvalue weighted by atomic mass is 35.5. The standard InChI is InChI=1S/C12H12ClN5O2/c1-6-4-8(17-20-6)11-15-14-10-7(12(2,3)19)5-9(13)16-18(10)11/h4-5,19H,1-3H3. The SMILES string of the molecule is Cc1cc(-c2nnc3c(C(C)(C)O)cc(Cl)nn23)no1. The average molecular weight is 294 g/mol. The number of fused-ring (bicyclic) bond motifs is 1. The van der Waals surface area contributed by atoms with Gasteiger partial charge in [0.2, 0.25) is 5.82 Å². The van der Waals surface area contributed by atoms with Crippen LogP contribution >= 0.6 is 11.6 Å². The van der Waals surface area contributed by atoms with Crippen LogP contribution in [0.25, 0.3) is 17.2 Å². The van der Waals surface area contributed by atoms with Gasteiger partial charge in [-0.2, -0.15) is 9.61 Å². The third-order valence-corrected chi connectivity index (χ3v) is 3.04. The van der Waals surface area contributed by atoms with Crippen LogP contribution < -0.4 is 0 Å². The van der Waals surface area contributed by atoms with Crippen molar-refractivity contribution >= 4 is 17.2 Å².